The van der Waals surface area contributed by atoms with Crippen LogP contribution in [0.3, 0.4) is 0 Å². The van der Waals surface area contributed by atoms with Crippen molar-refractivity contribution < 1.29 is 9.47 Å². The van der Waals surface area contributed by atoms with Gasteiger partial charge in [-0.05, 0) is 34.7 Å². The summed E-state index contributed by atoms with van der Waals surface area (Å²) in [6.45, 7) is 15.6. The summed E-state index contributed by atoms with van der Waals surface area (Å²) >= 11 is 0. The molecule has 0 aromatic heterocycles. The molecule has 2 fully saturated rings. The summed E-state index contributed by atoms with van der Waals surface area (Å²) in [7, 11) is 2.20. The fourth-order valence-electron chi connectivity index (χ4n) is 2.73. The largest absolute Gasteiger partial charge is 0.349 e. The lowest BCUT2D eigenvalue weighted by molar-refractivity contribution is -0.253. The number of hydrogen-bond acceptors (Lipinski definition) is 5. The van der Waals surface area contributed by atoms with Gasteiger partial charge in [-0.1, -0.05) is 0 Å². The summed E-state index contributed by atoms with van der Waals surface area (Å²) in [5, 5.41) is 3.60. The zero-order chi connectivity index (χ0) is 14.8. The lowest BCUT2D eigenvalue weighted by Gasteiger charge is -2.44. The van der Waals surface area contributed by atoms with Crippen LogP contribution < -0.4 is 5.32 Å². The van der Waals surface area contributed by atoms with Gasteiger partial charge in [-0.25, -0.2) is 0 Å². The van der Waals surface area contributed by atoms with Gasteiger partial charge >= 0.3 is 0 Å². The Hall–Kier alpha value is -0.200. The summed E-state index contributed by atoms with van der Waals surface area (Å²) in [6.07, 6.45) is 0. The number of nitrogens with zero attached hydrogens (tertiary/aromatic N) is 2. The van der Waals surface area contributed by atoms with Gasteiger partial charge in [0.1, 0.15) is 0 Å². The Morgan fingerprint density at radius 1 is 1.10 bits per heavy atom. The van der Waals surface area contributed by atoms with Crippen LogP contribution in [0.5, 0.6) is 0 Å². The summed E-state index contributed by atoms with van der Waals surface area (Å²) in [6, 6.07) is 0.301. The van der Waals surface area contributed by atoms with Gasteiger partial charge in [0.15, 0.2) is 5.79 Å². The molecule has 0 aliphatic carbocycles. The van der Waals surface area contributed by atoms with E-state index in [0.717, 1.165) is 45.9 Å². The van der Waals surface area contributed by atoms with Crippen LogP contribution in [0.15, 0.2) is 0 Å². The SMILES string of the molecule is CN1CCN(C(C)(C)CNC2COC(C)(C)OC2)CC1. The highest BCUT2D eigenvalue weighted by atomic mass is 16.7. The molecule has 0 unspecified atom stereocenters. The molecule has 2 aliphatic heterocycles. The number of rotatable bonds is 4. The molecule has 118 valence electrons. The van der Waals surface area contributed by atoms with Crippen LogP contribution in [-0.2, 0) is 9.47 Å². The Balaban J connectivity index is 1.75. The third-order valence-electron chi connectivity index (χ3n) is 4.45. The topological polar surface area (TPSA) is 37.0 Å². The average molecular weight is 285 g/mol. The second-order valence-corrected chi connectivity index (χ2v) is 7.20. The predicted molar refractivity (Wildman–Crippen MR) is 80.9 cm³/mol. The molecule has 2 aliphatic rings. The van der Waals surface area contributed by atoms with Crippen molar-refractivity contribution in [2.24, 2.45) is 0 Å². The van der Waals surface area contributed by atoms with Gasteiger partial charge in [-0.3, -0.25) is 4.90 Å². The molecule has 2 rings (SSSR count). The molecular formula is C15H31N3O2. The summed E-state index contributed by atoms with van der Waals surface area (Å²) < 4.78 is 11.4. The highest BCUT2D eigenvalue weighted by Crippen LogP contribution is 2.19. The van der Waals surface area contributed by atoms with E-state index >= 15 is 0 Å². The third-order valence-corrected chi connectivity index (χ3v) is 4.45. The zero-order valence-electron chi connectivity index (χ0n) is 13.7. The molecule has 0 amide bonds. The molecule has 5 nitrogen and oxygen atoms in total. The van der Waals surface area contributed by atoms with Crippen molar-refractivity contribution in [3.8, 4) is 0 Å². The van der Waals surface area contributed by atoms with Gasteiger partial charge in [0, 0.05) is 38.3 Å². The van der Waals surface area contributed by atoms with E-state index in [-0.39, 0.29) is 5.54 Å². The minimum absolute atomic E-state index is 0.175. The zero-order valence-corrected chi connectivity index (χ0v) is 13.7. The molecule has 1 N–H and O–H groups in total. The minimum Gasteiger partial charge on any atom is -0.349 e. The molecule has 0 aromatic rings. The van der Waals surface area contributed by atoms with Crippen LogP contribution in [0, 0.1) is 0 Å². The van der Waals surface area contributed by atoms with Crippen LogP contribution in [0.4, 0.5) is 0 Å². The Labute approximate surface area is 123 Å². The summed E-state index contributed by atoms with van der Waals surface area (Å²) in [5.74, 6) is -0.425. The van der Waals surface area contributed by atoms with Crippen molar-refractivity contribution in [2.75, 3.05) is 53.0 Å². The smallest absolute Gasteiger partial charge is 0.162 e. The van der Waals surface area contributed by atoms with Crippen LogP contribution in [0.25, 0.3) is 0 Å². The van der Waals surface area contributed by atoms with Crippen LogP contribution in [0.1, 0.15) is 27.7 Å². The van der Waals surface area contributed by atoms with Gasteiger partial charge in [-0.15, -0.1) is 0 Å². The molecule has 20 heavy (non-hydrogen) atoms. The van der Waals surface area contributed by atoms with Crippen molar-refractivity contribution in [3.05, 3.63) is 0 Å². The Kier molecular flexibility index (Phi) is 5.08. The quantitative estimate of drug-likeness (QED) is 0.825. The van der Waals surface area contributed by atoms with E-state index in [1.165, 1.54) is 0 Å². The number of hydrogen-bond donors (Lipinski definition) is 1. The third kappa shape index (κ3) is 4.40. The number of likely N-dealkylation sites (N-methyl/N-ethyl adjacent to an activating group) is 1. The minimum atomic E-state index is -0.425. The molecule has 5 heteroatoms. The Bertz CT molecular complexity index is 302. The Morgan fingerprint density at radius 2 is 1.65 bits per heavy atom. The first kappa shape index (κ1) is 16.2. The second kappa shape index (κ2) is 6.28. The lowest BCUT2D eigenvalue weighted by Crippen LogP contribution is -2.59. The van der Waals surface area contributed by atoms with E-state index in [4.69, 9.17) is 9.47 Å². The maximum atomic E-state index is 5.70. The number of nitrogens with one attached hydrogen (secondary N) is 1. The molecule has 0 aromatic carbocycles. The fraction of sp³-hybridized carbons (Fsp3) is 1.00. The molecule has 2 heterocycles. The van der Waals surface area contributed by atoms with Crippen LogP contribution >= 0.6 is 0 Å². The van der Waals surface area contributed by atoms with E-state index < -0.39 is 5.79 Å². The molecule has 0 atom stereocenters. The van der Waals surface area contributed by atoms with Crippen molar-refractivity contribution in [3.63, 3.8) is 0 Å². The molecule has 0 bridgehead atoms. The Morgan fingerprint density at radius 3 is 2.20 bits per heavy atom. The summed E-state index contributed by atoms with van der Waals surface area (Å²) in [4.78, 5) is 4.97. The van der Waals surface area contributed by atoms with Gasteiger partial charge in [0.25, 0.3) is 0 Å². The van der Waals surface area contributed by atoms with Crippen LogP contribution in [-0.4, -0.2) is 80.2 Å². The molecule has 2 saturated heterocycles. The monoisotopic (exact) mass is 285 g/mol. The molecule has 0 saturated carbocycles. The van der Waals surface area contributed by atoms with Crippen molar-refractivity contribution in [2.45, 2.75) is 45.1 Å². The standard InChI is InChI=1S/C15H31N3O2/c1-14(2,18-8-6-17(5)7-9-18)12-16-13-10-19-15(3,4)20-11-13/h13,16H,6-12H2,1-5H3. The average Bonchev–Trinajstić information content (AvgIpc) is 2.38. The van der Waals surface area contributed by atoms with Gasteiger partial charge in [0.2, 0.25) is 0 Å². The van der Waals surface area contributed by atoms with E-state index in [1.807, 2.05) is 13.8 Å². The highest BCUT2D eigenvalue weighted by Gasteiger charge is 2.32. The predicted octanol–water partition coefficient (Wildman–Crippen LogP) is 0.754. The first-order valence-electron chi connectivity index (χ1n) is 7.73. The van der Waals surface area contributed by atoms with Crippen molar-refractivity contribution in [1.29, 1.82) is 0 Å². The molecular weight excluding hydrogens is 254 g/mol. The summed E-state index contributed by atoms with van der Waals surface area (Å²) in [5.41, 5.74) is 0.175. The van der Waals surface area contributed by atoms with E-state index in [0.29, 0.717) is 6.04 Å². The second-order valence-electron chi connectivity index (χ2n) is 7.20. The maximum absolute atomic E-state index is 5.70. The van der Waals surface area contributed by atoms with Crippen molar-refractivity contribution in [1.82, 2.24) is 15.1 Å². The van der Waals surface area contributed by atoms with Gasteiger partial charge < -0.3 is 19.7 Å². The van der Waals surface area contributed by atoms with Crippen molar-refractivity contribution >= 4 is 0 Å². The fourth-order valence-corrected chi connectivity index (χ4v) is 2.73. The highest BCUT2D eigenvalue weighted by molar-refractivity contribution is 4.88. The normalized spacial score (nSPS) is 26.9. The molecule has 0 radical (unpaired) electrons. The molecule has 0 spiro atoms. The number of piperazine rings is 1. The van der Waals surface area contributed by atoms with E-state index in [1.54, 1.807) is 0 Å². The van der Waals surface area contributed by atoms with Gasteiger partial charge in [0.05, 0.1) is 19.3 Å². The van der Waals surface area contributed by atoms with Crippen LogP contribution in [0.2, 0.25) is 0 Å². The van der Waals surface area contributed by atoms with E-state index in [2.05, 4.69) is 36.0 Å². The number of ether oxygens (including phenoxy) is 2. The first-order chi connectivity index (χ1) is 9.28. The van der Waals surface area contributed by atoms with E-state index in [9.17, 15) is 0 Å². The first-order valence-corrected chi connectivity index (χ1v) is 7.73. The van der Waals surface area contributed by atoms with Gasteiger partial charge in [-0.2, -0.15) is 0 Å². The maximum Gasteiger partial charge on any atom is 0.162 e. The lowest BCUT2D eigenvalue weighted by atomic mass is 10.0.